The van der Waals surface area contributed by atoms with Crippen LogP contribution in [0.1, 0.15) is 112 Å². The highest BCUT2D eigenvalue weighted by Crippen LogP contribution is 2.71. The lowest BCUT2D eigenvalue weighted by atomic mass is 9.44. The van der Waals surface area contributed by atoms with Gasteiger partial charge in [0, 0.05) is 0 Å². The molecule has 0 aromatic heterocycles. The topological polar surface area (TPSA) is 20.2 Å². The van der Waals surface area contributed by atoms with Gasteiger partial charge in [0.15, 0.2) is 0 Å². The van der Waals surface area contributed by atoms with Crippen molar-refractivity contribution in [2.75, 3.05) is 0 Å². The van der Waals surface area contributed by atoms with Crippen molar-refractivity contribution in [1.29, 1.82) is 0 Å². The highest BCUT2D eigenvalue weighted by atomic mass is 16.3. The summed E-state index contributed by atoms with van der Waals surface area (Å²) >= 11 is 0. The molecule has 0 aliphatic heterocycles. The first-order valence-electron chi connectivity index (χ1n) is 13.0. The molecule has 4 rings (SSSR count). The van der Waals surface area contributed by atoms with Gasteiger partial charge in [-0.15, -0.1) is 0 Å². The van der Waals surface area contributed by atoms with E-state index in [1.807, 2.05) is 5.57 Å². The van der Waals surface area contributed by atoms with Crippen molar-refractivity contribution in [3.8, 4) is 0 Å². The molecule has 0 radical (unpaired) electrons. The van der Waals surface area contributed by atoms with Crippen LogP contribution >= 0.6 is 0 Å². The highest BCUT2D eigenvalue weighted by molar-refractivity contribution is 5.31. The lowest BCUT2D eigenvalue weighted by Crippen LogP contribution is -2.53. The van der Waals surface area contributed by atoms with E-state index >= 15 is 0 Å². The minimum absolute atomic E-state index is 0.0442. The molecule has 8 atom stereocenters. The van der Waals surface area contributed by atoms with Gasteiger partial charge >= 0.3 is 0 Å². The number of hydrogen-bond donors (Lipinski definition) is 1. The summed E-state index contributed by atoms with van der Waals surface area (Å²) in [5.74, 6) is 4.12. The Balaban J connectivity index is 1.57. The lowest BCUT2D eigenvalue weighted by Gasteiger charge is -2.61. The van der Waals surface area contributed by atoms with Gasteiger partial charge in [0.1, 0.15) is 0 Å². The van der Waals surface area contributed by atoms with E-state index in [4.69, 9.17) is 0 Å². The van der Waals surface area contributed by atoms with Gasteiger partial charge in [-0.25, -0.2) is 0 Å². The molecule has 0 bridgehead atoms. The van der Waals surface area contributed by atoms with E-state index in [1.54, 1.807) is 0 Å². The van der Waals surface area contributed by atoms with E-state index in [0.29, 0.717) is 22.2 Å². The predicted octanol–water partition coefficient (Wildman–Crippen LogP) is 7.78. The molecule has 1 N–H and O–H groups in total. The summed E-state index contributed by atoms with van der Waals surface area (Å²) in [4.78, 5) is 0. The van der Waals surface area contributed by atoms with Crippen molar-refractivity contribution in [3.05, 3.63) is 11.6 Å². The molecule has 0 aromatic rings. The van der Waals surface area contributed by atoms with Crippen LogP contribution in [0.5, 0.6) is 0 Å². The van der Waals surface area contributed by atoms with E-state index in [1.165, 1.54) is 57.8 Å². The minimum atomic E-state index is -0.0442. The normalized spacial score (nSPS) is 47.9. The monoisotopic (exact) mass is 400 g/mol. The number of aliphatic hydroxyl groups is 1. The third-order valence-electron chi connectivity index (χ3n) is 11.0. The van der Waals surface area contributed by atoms with Gasteiger partial charge in [-0.1, -0.05) is 72.5 Å². The molecule has 166 valence electrons. The van der Waals surface area contributed by atoms with Gasteiger partial charge in [0.05, 0.1) is 6.10 Å². The zero-order valence-electron chi connectivity index (χ0n) is 20.3. The van der Waals surface area contributed by atoms with E-state index in [9.17, 15) is 5.11 Å². The Morgan fingerprint density at radius 2 is 1.72 bits per heavy atom. The summed E-state index contributed by atoms with van der Waals surface area (Å²) in [7, 11) is 0. The molecule has 0 saturated heterocycles. The van der Waals surface area contributed by atoms with Crippen LogP contribution in [-0.2, 0) is 0 Å². The van der Waals surface area contributed by atoms with Crippen molar-refractivity contribution in [2.24, 2.45) is 45.8 Å². The summed E-state index contributed by atoms with van der Waals surface area (Å²) in [6.07, 6.45) is 17.1. The van der Waals surface area contributed by atoms with Crippen molar-refractivity contribution in [3.63, 3.8) is 0 Å². The molecule has 0 aromatic carbocycles. The van der Waals surface area contributed by atoms with Crippen molar-refractivity contribution >= 4 is 0 Å². The van der Waals surface area contributed by atoms with Gasteiger partial charge < -0.3 is 5.11 Å². The number of fused-ring (bicyclic) bond motifs is 5. The molecule has 0 spiro atoms. The fourth-order valence-corrected chi connectivity index (χ4v) is 8.88. The molecular formula is C28H48O. The number of allylic oxidation sites excluding steroid dienone is 2. The van der Waals surface area contributed by atoms with Crippen LogP contribution in [0, 0.1) is 45.8 Å². The Kier molecular flexibility index (Phi) is 5.81. The molecular weight excluding hydrogens is 352 g/mol. The Morgan fingerprint density at radius 1 is 0.966 bits per heavy atom. The van der Waals surface area contributed by atoms with Gasteiger partial charge in [-0.3, -0.25) is 0 Å². The second-order valence-corrected chi connectivity index (χ2v) is 12.8. The molecule has 4 aliphatic carbocycles. The fourth-order valence-electron chi connectivity index (χ4n) is 8.88. The largest absolute Gasteiger partial charge is 0.393 e. The zero-order chi connectivity index (χ0) is 21.0. The third kappa shape index (κ3) is 3.37. The van der Waals surface area contributed by atoms with E-state index in [2.05, 4.69) is 47.6 Å². The third-order valence-corrected chi connectivity index (χ3v) is 11.0. The van der Waals surface area contributed by atoms with E-state index < -0.39 is 0 Å². The van der Waals surface area contributed by atoms with E-state index in [-0.39, 0.29) is 6.10 Å². The predicted molar refractivity (Wildman–Crippen MR) is 124 cm³/mol. The summed E-state index contributed by atoms with van der Waals surface area (Å²) in [6, 6.07) is 0. The molecule has 1 nitrogen and oxygen atoms in total. The Labute approximate surface area is 181 Å². The smallest absolute Gasteiger partial charge is 0.0543 e. The summed E-state index contributed by atoms with van der Waals surface area (Å²) < 4.78 is 0. The maximum absolute atomic E-state index is 10.3. The Hall–Kier alpha value is -0.300. The molecule has 3 fully saturated rings. The Morgan fingerprint density at radius 3 is 2.45 bits per heavy atom. The van der Waals surface area contributed by atoms with Gasteiger partial charge in [0.25, 0.3) is 0 Å². The minimum Gasteiger partial charge on any atom is -0.393 e. The second kappa shape index (κ2) is 7.68. The maximum Gasteiger partial charge on any atom is 0.0543 e. The van der Waals surface area contributed by atoms with Crippen molar-refractivity contribution in [2.45, 2.75) is 118 Å². The van der Waals surface area contributed by atoms with Crippen molar-refractivity contribution in [1.82, 2.24) is 0 Å². The van der Waals surface area contributed by atoms with Crippen LogP contribution < -0.4 is 0 Å². The number of rotatable bonds is 5. The van der Waals surface area contributed by atoms with Crippen LogP contribution in [-0.4, -0.2) is 11.2 Å². The average Bonchev–Trinajstić information content (AvgIpc) is 2.93. The molecule has 1 unspecified atom stereocenters. The summed E-state index contributed by atoms with van der Waals surface area (Å²) in [5.41, 5.74) is 3.16. The molecule has 3 saturated carbocycles. The van der Waals surface area contributed by atoms with Crippen LogP contribution in [0.25, 0.3) is 0 Å². The van der Waals surface area contributed by atoms with Gasteiger partial charge in [-0.05, 0) is 97.2 Å². The number of hydrogen-bond acceptors (Lipinski definition) is 1. The van der Waals surface area contributed by atoms with Crippen LogP contribution in [0.15, 0.2) is 11.6 Å². The van der Waals surface area contributed by atoms with Crippen LogP contribution in [0.4, 0.5) is 0 Å². The molecule has 1 heteroatoms. The standard InChI is InChI=1S/C28H48O/c1-19(2)8-7-9-20(3)23-13-16-28(6)25-11-10-21-18-22(29)12-15-26(21,4)24(25)14-17-27(23,28)5/h14,19-23,25,29H,7-13,15-18H2,1-6H3/t20?,21-,22-,23+,25+,26-,27+,28-/m0/s1. The molecule has 0 heterocycles. The maximum atomic E-state index is 10.3. The van der Waals surface area contributed by atoms with E-state index in [0.717, 1.165) is 36.5 Å². The molecule has 29 heavy (non-hydrogen) atoms. The van der Waals surface area contributed by atoms with Crippen LogP contribution in [0.3, 0.4) is 0 Å². The first-order valence-corrected chi connectivity index (χ1v) is 13.0. The quantitative estimate of drug-likeness (QED) is 0.467. The highest BCUT2D eigenvalue weighted by Gasteiger charge is 2.63. The number of aliphatic hydroxyl groups excluding tert-OH is 1. The molecule has 0 amide bonds. The first kappa shape index (κ1) is 21.9. The molecule has 4 aliphatic rings. The SMILES string of the molecule is CC(C)CCCC(C)[C@H]1CC[C@@]2(C)[C@@H]3CC[C@H]4C[C@@H](O)CC[C@]4(C)C3=CC[C@]12C. The fraction of sp³-hybridized carbons (Fsp3) is 0.929. The summed E-state index contributed by atoms with van der Waals surface area (Å²) in [6.45, 7) is 15.2. The van der Waals surface area contributed by atoms with Crippen molar-refractivity contribution < 1.29 is 5.11 Å². The summed E-state index contributed by atoms with van der Waals surface area (Å²) in [5, 5.41) is 10.3. The Bertz CT molecular complexity index is 634. The first-order chi connectivity index (χ1) is 13.6. The average molecular weight is 401 g/mol. The second-order valence-electron chi connectivity index (χ2n) is 12.8. The van der Waals surface area contributed by atoms with Gasteiger partial charge in [-0.2, -0.15) is 0 Å². The lowest BCUT2D eigenvalue weighted by molar-refractivity contribution is -0.0560. The van der Waals surface area contributed by atoms with Crippen LogP contribution in [0.2, 0.25) is 0 Å². The van der Waals surface area contributed by atoms with Gasteiger partial charge in [0.2, 0.25) is 0 Å². The zero-order valence-corrected chi connectivity index (χ0v) is 20.3.